The van der Waals surface area contributed by atoms with Crippen LogP contribution in [0.15, 0.2) is 65.6 Å². The summed E-state index contributed by atoms with van der Waals surface area (Å²) in [6.45, 7) is 7.59. The maximum Gasteiger partial charge on any atom is 0.196 e. The maximum atomic E-state index is 9.11. The van der Waals surface area contributed by atoms with Gasteiger partial charge in [-0.2, -0.15) is 5.26 Å². The number of nitriles is 1. The van der Waals surface area contributed by atoms with Crippen molar-refractivity contribution in [2.24, 2.45) is 0 Å². The number of aromatic nitrogens is 5. The largest absolute Gasteiger partial charge is 0.354 e. The third-order valence-corrected chi connectivity index (χ3v) is 7.24. The molecule has 3 aromatic heterocycles. The number of imidazole rings is 1. The number of nitrogens with zero attached hydrogens (tertiary/aromatic N) is 8. The molecule has 1 aliphatic rings. The zero-order valence-corrected chi connectivity index (χ0v) is 20.8. The molecule has 0 amide bonds. The van der Waals surface area contributed by atoms with Crippen LogP contribution in [-0.2, 0) is 0 Å². The van der Waals surface area contributed by atoms with Crippen molar-refractivity contribution in [2.45, 2.75) is 10.1 Å². The molecule has 0 saturated carbocycles. The Labute approximate surface area is 211 Å². The lowest BCUT2D eigenvalue weighted by atomic mass is 10.3. The summed E-state index contributed by atoms with van der Waals surface area (Å²) in [6, 6.07) is 12.2. The predicted octanol–water partition coefficient (Wildman–Crippen LogP) is 4.28. The van der Waals surface area contributed by atoms with E-state index in [2.05, 4.69) is 44.8 Å². The van der Waals surface area contributed by atoms with E-state index in [0.717, 1.165) is 48.4 Å². The highest BCUT2D eigenvalue weighted by Gasteiger charge is 2.18. The number of thiazole rings is 1. The van der Waals surface area contributed by atoms with Crippen molar-refractivity contribution >= 4 is 45.9 Å². The minimum absolute atomic E-state index is 0.549. The quantitative estimate of drug-likeness (QED) is 0.372. The first-order chi connectivity index (χ1) is 17.1. The maximum absolute atomic E-state index is 9.11. The molecule has 0 unspecified atom stereocenters. The normalized spacial score (nSPS) is 14.0. The third kappa shape index (κ3) is 5.35. The van der Waals surface area contributed by atoms with Crippen molar-refractivity contribution < 1.29 is 0 Å². The van der Waals surface area contributed by atoms with E-state index in [4.69, 9.17) is 15.2 Å². The Bertz CT molecular complexity index is 1360. The van der Waals surface area contributed by atoms with Gasteiger partial charge in [0.15, 0.2) is 10.3 Å². The van der Waals surface area contributed by atoms with Crippen molar-refractivity contribution in [1.29, 1.82) is 5.26 Å². The molecule has 1 N–H and O–H groups in total. The minimum atomic E-state index is 0.549. The molecule has 11 heteroatoms. The number of benzene rings is 1. The van der Waals surface area contributed by atoms with Gasteiger partial charge in [0, 0.05) is 55.2 Å². The number of likely N-dealkylation sites (N-methyl/N-ethyl adjacent to an activating group) is 1. The highest BCUT2D eigenvalue weighted by molar-refractivity contribution is 7.99. The zero-order chi connectivity index (χ0) is 24.2. The monoisotopic (exact) mass is 501 g/mol. The SMILES string of the molecule is C=Cc1nccn1-c1ccc(Sc2nc(Nc3ncc(C#N)s3)cc(N3CCN(C)CC3)n2)cc1. The minimum Gasteiger partial charge on any atom is -0.354 e. The lowest BCUT2D eigenvalue weighted by Gasteiger charge is -2.33. The fraction of sp³-hybridized carbons (Fsp3) is 0.208. The second-order valence-electron chi connectivity index (χ2n) is 7.91. The summed E-state index contributed by atoms with van der Waals surface area (Å²) in [5.41, 5.74) is 1.01. The van der Waals surface area contributed by atoms with E-state index in [9.17, 15) is 0 Å². The summed E-state index contributed by atoms with van der Waals surface area (Å²) >= 11 is 2.80. The highest BCUT2D eigenvalue weighted by Crippen LogP contribution is 2.31. The molecular weight excluding hydrogens is 478 g/mol. The second-order valence-corrected chi connectivity index (χ2v) is 9.98. The van der Waals surface area contributed by atoms with E-state index >= 15 is 0 Å². The van der Waals surface area contributed by atoms with Crippen LogP contribution in [-0.4, -0.2) is 62.6 Å². The van der Waals surface area contributed by atoms with Crippen LogP contribution in [0, 0.1) is 11.3 Å². The van der Waals surface area contributed by atoms with Gasteiger partial charge < -0.3 is 19.7 Å². The first-order valence-corrected chi connectivity index (χ1v) is 12.6. The fourth-order valence-electron chi connectivity index (χ4n) is 3.68. The molecule has 176 valence electrons. The van der Waals surface area contributed by atoms with Crippen LogP contribution in [0.25, 0.3) is 11.8 Å². The van der Waals surface area contributed by atoms with Crippen LogP contribution in [0.4, 0.5) is 16.8 Å². The van der Waals surface area contributed by atoms with Gasteiger partial charge in [-0.25, -0.2) is 19.9 Å². The van der Waals surface area contributed by atoms with Crippen molar-refractivity contribution in [3.05, 3.63) is 66.2 Å². The average Bonchev–Trinajstić information content (AvgIpc) is 3.54. The standard InChI is InChI=1S/C24H23N9S2/c1-3-21-26-8-9-33(21)17-4-6-18(7-5-17)34-24-29-20(28-23-27-16-19(15-25)35-23)14-22(30-24)32-12-10-31(2)11-13-32/h3-9,14,16H,1,10-13H2,2H3,(H,27,28,29,30). The van der Waals surface area contributed by atoms with E-state index in [1.165, 1.54) is 23.1 Å². The average molecular weight is 502 g/mol. The molecule has 4 heterocycles. The number of anilines is 3. The van der Waals surface area contributed by atoms with E-state index in [1.54, 1.807) is 18.5 Å². The van der Waals surface area contributed by atoms with Crippen LogP contribution < -0.4 is 10.2 Å². The Kier molecular flexibility index (Phi) is 6.76. The van der Waals surface area contributed by atoms with Crippen molar-refractivity contribution in [3.8, 4) is 11.8 Å². The van der Waals surface area contributed by atoms with Crippen molar-refractivity contribution in [3.63, 3.8) is 0 Å². The van der Waals surface area contributed by atoms with Crippen molar-refractivity contribution in [1.82, 2.24) is 29.4 Å². The molecule has 9 nitrogen and oxygen atoms in total. The summed E-state index contributed by atoms with van der Waals surface area (Å²) in [6.07, 6.45) is 6.96. The van der Waals surface area contributed by atoms with Gasteiger partial charge in [-0.15, -0.1) is 0 Å². The van der Waals surface area contributed by atoms with Crippen LogP contribution in [0.3, 0.4) is 0 Å². The van der Waals surface area contributed by atoms with Crippen LogP contribution in [0.2, 0.25) is 0 Å². The highest BCUT2D eigenvalue weighted by atomic mass is 32.2. The molecule has 0 radical (unpaired) electrons. The van der Waals surface area contributed by atoms with Gasteiger partial charge in [-0.1, -0.05) is 17.9 Å². The Morgan fingerprint density at radius 2 is 1.94 bits per heavy atom. The molecule has 4 aromatic rings. The van der Waals surface area contributed by atoms with Gasteiger partial charge in [0.25, 0.3) is 0 Å². The molecule has 5 rings (SSSR count). The Hall–Kier alpha value is -3.72. The Balaban J connectivity index is 1.41. The zero-order valence-electron chi connectivity index (χ0n) is 19.1. The molecule has 1 saturated heterocycles. The van der Waals surface area contributed by atoms with E-state index in [1.807, 2.05) is 41.1 Å². The summed E-state index contributed by atoms with van der Waals surface area (Å²) in [7, 11) is 2.13. The van der Waals surface area contributed by atoms with Gasteiger partial charge >= 0.3 is 0 Å². The second kappa shape index (κ2) is 10.3. The fourth-order valence-corrected chi connectivity index (χ4v) is 5.06. The molecule has 0 aliphatic carbocycles. The van der Waals surface area contributed by atoms with E-state index in [-0.39, 0.29) is 0 Å². The molecule has 0 spiro atoms. The molecule has 0 atom stereocenters. The third-order valence-electron chi connectivity index (χ3n) is 5.55. The summed E-state index contributed by atoms with van der Waals surface area (Å²) < 4.78 is 1.98. The van der Waals surface area contributed by atoms with Gasteiger partial charge in [-0.05, 0) is 49.2 Å². The number of piperazine rings is 1. The van der Waals surface area contributed by atoms with E-state index < -0.39 is 0 Å². The first kappa shape index (κ1) is 23.0. The van der Waals surface area contributed by atoms with Gasteiger partial charge in [0.2, 0.25) is 0 Å². The van der Waals surface area contributed by atoms with Crippen LogP contribution in [0.5, 0.6) is 0 Å². The predicted molar refractivity (Wildman–Crippen MR) is 140 cm³/mol. The van der Waals surface area contributed by atoms with Crippen molar-refractivity contribution in [2.75, 3.05) is 43.4 Å². The molecular formula is C24H23N9S2. The Morgan fingerprint density at radius 3 is 2.66 bits per heavy atom. The van der Waals surface area contributed by atoms with Gasteiger partial charge in [-0.3, -0.25) is 0 Å². The lowest BCUT2D eigenvalue weighted by Crippen LogP contribution is -2.44. The summed E-state index contributed by atoms with van der Waals surface area (Å²) in [5.74, 6) is 2.33. The summed E-state index contributed by atoms with van der Waals surface area (Å²) in [4.78, 5) is 24.3. The topological polar surface area (TPSA) is 98.8 Å². The van der Waals surface area contributed by atoms with E-state index in [0.29, 0.717) is 21.0 Å². The number of nitrogens with one attached hydrogen (secondary N) is 1. The number of hydrogen-bond acceptors (Lipinski definition) is 10. The lowest BCUT2D eigenvalue weighted by molar-refractivity contribution is 0.312. The first-order valence-electron chi connectivity index (χ1n) is 11.0. The Morgan fingerprint density at radius 1 is 1.14 bits per heavy atom. The molecule has 1 fully saturated rings. The molecule has 1 aliphatic heterocycles. The smallest absolute Gasteiger partial charge is 0.196 e. The van der Waals surface area contributed by atoms with Crippen LogP contribution >= 0.6 is 23.1 Å². The van der Waals surface area contributed by atoms with Gasteiger partial charge in [0.05, 0.1) is 6.20 Å². The number of hydrogen-bond donors (Lipinski definition) is 1. The molecule has 1 aromatic carbocycles. The van der Waals surface area contributed by atoms with Gasteiger partial charge in [0.1, 0.15) is 28.4 Å². The molecule has 0 bridgehead atoms. The van der Waals surface area contributed by atoms with Crippen LogP contribution in [0.1, 0.15) is 10.7 Å². The number of rotatable bonds is 7. The molecule has 35 heavy (non-hydrogen) atoms. The summed E-state index contributed by atoms with van der Waals surface area (Å²) in [5, 5.41) is 13.6.